The summed E-state index contributed by atoms with van der Waals surface area (Å²) in [5.74, 6) is 2.27. The molecule has 0 radical (unpaired) electrons. The molecule has 2 aromatic carbocycles. The molecule has 0 bridgehead atoms. The highest BCUT2D eigenvalue weighted by molar-refractivity contribution is 7.99. The van der Waals surface area contributed by atoms with Crippen LogP contribution in [0.25, 0.3) is 21.3 Å². The fourth-order valence-electron chi connectivity index (χ4n) is 2.87. The van der Waals surface area contributed by atoms with E-state index in [9.17, 15) is 4.79 Å². The van der Waals surface area contributed by atoms with E-state index in [2.05, 4.69) is 26.3 Å². The third-order valence-corrected chi connectivity index (χ3v) is 6.31. The molecule has 0 saturated carbocycles. The summed E-state index contributed by atoms with van der Waals surface area (Å²) in [6, 6.07) is 16.1. The molecule has 138 valence electrons. The van der Waals surface area contributed by atoms with Crippen LogP contribution in [0.15, 0.2) is 48.5 Å². The van der Waals surface area contributed by atoms with Gasteiger partial charge in [0.05, 0.1) is 27.0 Å². The third-order valence-electron chi connectivity index (χ3n) is 4.15. The van der Waals surface area contributed by atoms with Crippen molar-refractivity contribution in [2.75, 3.05) is 12.3 Å². The fraction of sp³-hybridized carbons (Fsp3) is 0.250. The number of amides is 1. The molecule has 0 atom stereocenters. The number of rotatable bonds is 8. The Morgan fingerprint density at radius 2 is 1.89 bits per heavy atom. The highest BCUT2D eigenvalue weighted by Gasteiger charge is 2.06. The Bertz CT molecular complexity index is 990. The van der Waals surface area contributed by atoms with Gasteiger partial charge in [0.25, 0.3) is 0 Å². The minimum Gasteiger partial charge on any atom is -0.355 e. The maximum Gasteiger partial charge on any atom is 0.230 e. The molecule has 5 nitrogen and oxygen atoms in total. The van der Waals surface area contributed by atoms with Crippen molar-refractivity contribution in [2.24, 2.45) is 0 Å². The van der Waals surface area contributed by atoms with Gasteiger partial charge in [-0.15, -0.1) is 23.1 Å². The first-order chi connectivity index (χ1) is 13.3. The Balaban J connectivity index is 1.15. The second-order valence-electron chi connectivity index (χ2n) is 6.22. The van der Waals surface area contributed by atoms with Gasteiger partial charge in [-0.1, -0.05) is 24.3 Å². The monoisotopic (exact) mass is 396 g/mol. The minimum atomic E-state index is 0.0747. The maximum atomic E-state index is 12.0. The van der Waals surface area contributed by atoms with E-state index >= 15 is 0 Å². The Morgan fingerprint density at radius 1 is 1.07 bits per heavy atom. The van der Waals surface area contributed by atoms with Crippen molar-refractivity contribution in [3.8, 4) is 0 Å². The van der Waals surface area contributed by atoms with Crippen molar-refractivity contribution in [1.82, 2.24) is 20.3 Å². The first-order valence-electron chi connectivity index (χ1n) is 8.90. The molecular weight excluding hydrogens is 376 g/mol. The van der Waals surface area contributed by atoms with Crippen LogP contribution in [0.5, 0.6) is 0 Å². The predicted octanol–water partition coefficient (Wildman–Crippen LogP) is 4.15. The number of benzene rings is 2. The highest BCUT2D eigenvalue weighted by atomic mass is 32.2. The number of thiazole rings is 1. The number of carbonyl (C=O) groups excluding carboxylic acids is 1. The second-order valence-corrected chi connectivity index (χ2v) is 8.32. The zero-order valence-corrected chi connectivity index (χ0v) is 16.4. The molecule has 0 spiro atoms. The Hall–Kier alpha value is -2.38. The molecule has 27 heavy (non-hydrogen) atoms. The van der Waals surface area contributed by atoms with Gasteiger partial charge in [-0.25, -0.2) is 9.97 Å². The number of imidazole rings is 1. The lowest BCUT2D eigenvalue weighted by atomic mass is 10.3. The van der Waals surface area contributed by atoms with Gasteiger partial charge in [-0.05, 0) is 30.7 Å². The topological polar surface area (TPSA) is 70.7 Å². The number of para-hydroxylation sites is 3. The van der Waals surface area contributed by atoms with Crippen molar-refractivity contribution >= 4 is 50.3 Å². The van der Waals surface area contributed by atoms with Crippen LogP contribution in [-0.2, 0) is 17.0 Å². The lowest BCUT2D eigenvalue weighted by molar-refractivity contribution is -0.118. The average molecular weight is 397 g/mol. The zero-order chi connectivity index (χ0) is 18.5. The number of hydrogen-bond acceptors (Lipinski definition) is 5. The number of aromatic nitrogens is 3. The molecule has 2 N–H and O–H groups in total. The predicted molar refractivity (Wildman–Crippen MR) is 113 cm³/mol. The smallest absolute Gasteiger partial charge is 0.230 e. The number of hydrogen-bond donors (Lipinski definition) is 2. The van der Waals surface area contributed by atoms with Crippen molar-refractivity contribution < 1.29 is 4.79 Å². The summed E-state index contributed by atoms with van der Waals surface area (Å²) >= 11 is 3.30. The Labute approximate surface area is 165 Å². The molecule has 2 heterocycles. The van der Waals surface area contributed by atoms with Crippen molar-refractivity contribution in [3.63, 3.8) is 0 Å². The number of thioether (sulfide) groups is 1. The van der Waals surface area contributed by atoms with Gasteiger partial charge in [-0.3, -0.25) is 4.79 Å². The summed E-state index contributed by atoms with van der Waals surface area (Å²) in [7, 11) is 0. The summed E-state index contributed by atoms with van der Waals surface area (Å²) in [4.78, 5) is 24.4. The molecule has 0 unspecified atom stereocenters. The molecule has 7 heteroatoms. The van der Waals surface area contributed by atoms with Crippen molar-refractivity contribution in [2.45, 2.75) is 18.6 Å². The molecule has 0 aliphatic heterocycles. The van der Waals surface area contributed by atoms with Crippen LogP contribution < -0.4 is 5.32 Å². The van der Waals surface area contributed by atoms with Crippen molar-refractivity contribution in [1.29, 1.82) is 0 Å². The van der Waals surface area contributed by atoms with Crippen LogP contribution in [0.1, 0.15) is 17.3 Å². The van der Waals surface area contributed by atoms with E-state index in [1.165, 1.54) is 4.70 Å². The molecule has 0 fully saturated rings. The molecule has 2 aromatic heterocycles. The fourth-order valence-corrected chi connectivity index (χ4v) is 4.75. The van der Waals surface area contributed by atoms with Crippen LogP contribution in [0.3, 0.4) is 0 Å². The van der Waals surface area contributed by atoms with E-state index in [4.69, 9.17) is 0 Å². The molecule has 0 aliphatic rings. The normalized spacial score (nSPS) is 11.3. The third kappa shape index (κ3) is 4.67. The van der Waals surface area contributed by atoms with Gasteiger partial charge in [0.1, 0.15) is 10.8 Å². The van der Waals surface area contributed by atoms with Crippen LogP contribution in [-0.4, -0.2) is 33.2 Å². The second kappa shape index (κ2) is 8.54. The van der Waals surface area contributed by atoms with Crippen LogP contribution >= 0.6 is 23.1 Å². The molecular formula is C20H20N4OS2. The van der Waals surface area contributed by atoms with Gasteiger partial charge in [0.15, 0.2) is 0 Å². The molecule has 4 aromatic rings. The van der Waals surface area contributed by atoms with Gasteiger partial charge < -0.3 is 10.3 Å². The number of H-pyrrole nitrogens is 1. The van der Waals surface area contributed by atoms with Crippen LogP contribution in [0.2, 0.25) is 0 Å². The first kappa shape index (κ1) is 18.0. The Kier molecular flexibility index (Phi) is 5.69. The van der Waals surface area contributed by atoms with E-state index < -0.39 is 0 Å². The highest BCUT2D eigenvalue weighted by Crippen LogP contribution is 2.24. The maximum absolute atomic E-state index is 12.0. The van der Waals surface area contributed by atoms with Gasteiger partial charge in [-0.2, -0.15) is 0 Å². The summed E-state index contributed by atoms with van der Waals surface area (Å²) in [6.07, 6.45) is 1.70. The van der Waals surface area contributed by atoms with E-state index in [0.29, 0.717) is 12.3 Å². The van der Waals surface area contributed by atoms with Crippen molar-refractivity contribution in [3.05, 3.63) is 59.4 Å². The van der Waals surface area contributed by atoms with Gasteiger partial charge in [0.2, 0.25) is 5.91 Å². The average Bonchev–Trinajstić information content (AvgIpc) is 3.28. The van der Waals surface area contributed by atoms with Crippen LogP contribution in [0, 0.1) is 0 Å². The largest absolute Gasteiger partial charge is 0.355 e. The molecule has 0 saturated heterocycles. The minimum absolute atomic E-state index is 0.0747. The Morgan fingerprint density at radius 3 is 2.74 bits per heavy atom. The zero-order valence-electron chi connectivity index (χ0n) is 14.8. The summed E-state index contributed by atoms with van der Waals surface area (Å²) in [5.41, 5.74) is 3.08. The molecule has 0 aliphatic carbocycles. The van der Waals surface area contributed by atoms with Gasteiger partial charge >= 0.3 is 0 Å². The van der Waals surface area contributed by atoms with Gasteiger partial charge in [0, 0.05) is 18.7 Å². The van der Waals surface area contributed by atoms with E-state index in [1.54, 1.807) is 23.1 Å². The SMILES string of the molecule is O=C(CSCc1nc2ccccc2s1)NCCCc1nc2ccccc2[nH]1. The number of nitrogens with zero attached hydrogens (tertiary/aromatic N) is 2. The standard InChI is InChI=1S/C20H20N4OS2/c25-19(12-26-13-20-24-16-8-3-4-9-17(16)27-20)21-11-5-10-18-22-14-6-1-2-7-15(14)23-18/h1-4,6-9H,5,10-13H2,(H,21,25)(H,22,23). The summed E-state index contributed by atoms with van der Waals surface area (Å²) in [6.45, 7) is 0.664. The van der Waals surface area contributed by atoms with E-state index in [-0.39, 0.29) is 5.91 Å². The van der Waals surface area contributed by atoms with Crippen LogP contribution in [0.4, 0.5) is 0 Å². The molecule has 1 amide bonds. The lowest BCUT2D eigenvalue weighted by Crippen LogP contribution is -2.26. The summed E-state index contributed by atoms with van der Waals surface area (Å²) in [5, 5.41) is 4.05. The first-order valence-corrected chi connectivity index (χ1v) is 10.9. The number of nitrogens with one attached hydrogen (secondary N) is 2. The number of carbonyl (C=O) groups is 1. The quantitative estimate of drug-likeness (QED) is 0.439. The number of fused-ring (bicyclic) bond motifs is 2. The number of aromatic amines is 1. The van der Waals surface area contributed by atoms with E-state index in [0.717, 1.165) is 46.0 Å². The van der Waals surface area contributed by atoms with E-state index in [1.807, 2.05) is 42.5 Å². The number of aryl methyl sites for hydroxylation is 1. The molecule has 4 rings (SSSR count). The lowest BCUT2D eigenvalue weighted by Gasteiger charge is -2.03. The summed E-state index contributed by atoms with van der Waals surface area (Å²) < 4.78 is 1.20.